The molecule has 76 valence electrons. The van der Waals surface area contributed by atoms with Crippen molar-refractivity contribution in [2.75, 3.05) is 19.8 Å². The Hall–Kier alpha value is -1.46. The van der Waals surface area contributed by atoms with Crippen LogP contribution in [0.1, 0.15) is 13.3 Å². The summed E-state index contributed by atoms with van der Waals surface area (Å²) in [4.78, 5) is 20.4. The quantitative estimate of drug-likeness (QED) is 0.521. The third-order valence-electron chi connectivity index (χ3n) is 0.953. The molecule has 0 radical (unpaired) electrons. The van der Waals surface area contributed by atoms with Gasteiger partial charge in [0, 0.05) is 0 Å². The smallest absolute Gasteiger partial charge is 0.450 e. The van der Waals surface area contributed by atoms with Crippen LogP contribution in [0, 0.1) is 0 Å². The fourth-order valence-electron chi connectivity index (χ4n) is 0.481. The van der Waals surface area contributed by atoms with Gasteiger partial charge in [-0.15, -0.1) is 0 Å². The fourth-order valence-corrected chi connectivity index (χ4v) is 0.481. The van der Waals surface area contributed by atoms with Crippen LogP contribution in [0.3, 0.4) is 0 Å². The number of hydrogen-bond acceptors (Lipinski definition) is 5. The molecule has 0 aromatic carbocycles. The van der Waals surface area contributed by atoms with E-state index >= 15 is 0 Å². The van der Waals surface area contributed by atoms with Gasteiger partial charge in [-0.25, -0.2) is 9.59 Å². The van der Waals surface area contributed by atoms with Gasteiger partial charge in [-0.1, -0.05) is 6.92 Å². The Morgan fingerprint density at radius 3 is 2.15 bits per heavy atom. The second-order valence-corrected chi connectivity index (χ2v) is 2.06. The highest BCUT2D eigenvalue weighted by Gasteiger charge is 2.03. The molecule has 0 amide bonds. The van der Waals surface area contributed by atoms with Crippen molar-refractivity contribution >= 4 is 12.3 Å². The second-order valence-electron chi connectivity index (χ2n) is 2.06. The zero-order valence-corrected chi connectivity index (χ0v) is 7.32. The highest BCUT2D eigenvalue weighted by molar-refractivity contribution is 5.59. The molecule has 6 nitrogen and oxygen atoms in total. The number of carbonyl (C=O) groups excluding carboxylic acids is 1. The van der Waals surface area contributed by atoms with Gasteiger partial charge in [0.1, 0.15) is 13.2 Å². The van der Waals surface area contributed by atoms with Crippen molar-refractivity contribution in [3.63, 3.8) is 0 Å². The summed E-state index contributed by atoms with van der Waals surface area (Å²) in [6.45, 7) is 1.82. The van der Waals surface area contributed by atoms with Crippen molar-refractivity contribution in [3.05, 3.63) is 0 Å². The minimum absolute atomic E-state index is 0.130. The molecule has 0 aromatic heterocycles. The number of hydrogen-bond donors (Lipinski definition) is 1. The van der Waals surface area contributed by atoms with E-state index in [0.717, 1.165) is 0 Å². The van der Waals surface area contributed by atoms with E-state index in [1.165, 1.54) is 0 Å². The maximum atomic E-state index is 10.6. The van der Waals surface area contributed by atoms with Crippen LogP contribution < -0.4 is 0 Å². The molecule has 0 unspecified atom stereocenters. The average Bonchev–Trinajstić information content (AvgIpc) is 2.08. The monoisotopic (exact) mass is 192 g/mol. The van der Waals surface area contributed by atoms with E-state index in [0.29, 0.717) is 13.0 Å². The Kier molecular flexibility index (Phi) is 6.39. The lowest BCUT2D eigenvalue weighted by Crippen LogP contribution is -2.14. The van der Waals surface area contributed by atoms with Crippen LogP contribution in [-0.4, -0.2) is 37.2 Å². The standard InChI is InChI=1S/C7H12O6/c1-2-3-12-7(10)13-5-4-11-6(8)9/h2-5H2,1H3,(H,8,9). The average molecular weight is 192 g/mol. The van der Waals surface area contributed by atoms with Gasteiger partial charge in [-0.3, -0.25) is 0 Å². The van der Waals surface area contributed by atoms with Gasteiger partial charge >= 0.3 is 12.3 Å². The lowest BCUT2D eigenvalue weighted by atomic mass is 10.5. The Balaban J connectivity index is 3.22. The van der Waals surface area contributed by atoms with Gasteiger partial charge in [0.05, 0.1) is 6.61 Å². The summed E-state index contributed by atoms with van der Waals surface area (Å²) in [7, 11) is 0. The normalized spacial score (nSPS) is 9.00. The first-order valence-electron chi connectivity index (χ1n) is 3.82. The lowest BCUT2D eigenvalue weighted by molar-refractivity contribution is 0.0293. The second kappa shape index (κ2) is 7.20. The molecule has 0 atom stereocenters. The van der Waals surface area contributed by atoms with Gasteiger partial charge in [-0.05, 0) is 6.42 Å². The summed E-state index contributed by atoms with van der Waals surface area (Å²) in [6, 6.07) is 0. The summed E-state index contributed by atoms with van der Waals surface area (Å²) < 4.78 is 13.1. The Morgan fingerprint density at radius 2 is 1.62 bits per heavy atom. The molecule has 6 heteroatoms. The van der Waals surface area contributed by atoms with Crippen LogP contribution in [0.15, 0.2) is 0 Å². The van der Waals surface area contributed by atoms with Crippen LogP contribution in [0.4, 0.5) is 9.59 Å². The first-order valence-corrected chi connectivity index (χ1v) is 3.82. The predicted octanol–water partition coefficient (Wildman–Crippen LogP) is 1.24. The van der Waals surface area contributed by atoms with Gasteiger partial charge < -0.3 is 19.3 Å². The topological polar surface area (TPSA) is 82.1 Å². The van der Waals surface area contributed by atoms with Crippen molar-refractivity contribution in [2.45, 2.75) is 13.3 Å². The van der Waals surface area contributed by atoms with E-state index in [2.05, 4.69) is 14.2 Å². The highest BCUT2D eigenvalue weighted by Crippen LogP contribution is 1.88. The molecule has 0 heterocycles. The summed E-state index contributed by atoms with van der Waals surface area (Å²) in [5.74, 6) is 0. The largest absolute Gasteiger partial charge is 0.508 e. The number of carboxylic acid groups (broad SMARTS) is 1. The van der Waals surface area contributed by atoms with Crippen LogP contribution >= 0.6 is 0 Å². The van der Waals surface area contributed by atoms with E-state index < -0.39 is 12.3 Å². The van der Waals surface area contributed by atoms with E-state index in [4.69, 9.17) is 5.11 Å². The third kappa shape index (κ3) is 8.45. The molecular formula is C7H12O6. The minimum atomic E-state index is -1.40. The molecule has 0 aliphatic heterocycles. The first kappa shape index (κ1) is 11.5. The molecule has 0 saturated carbocycles. The highest BCUT2D eigenvalue weighted by atomic mass is 16.7. The van der Waals surface area contributed by atoms with Crippen molar-refractivity contribution in [1.29, 1.82) is 0 Å². The number of carbonyl (C=O) groups is 2. The van der Waals surface area contributed by atoms with Crippen LogP contribution in [0.25, 0.3) is 0 Å². The zero-order chi connectivity index (χ0) is 10.1. The lowest BCUT2D eigenvalue weighted by Gasteiger charge is -2.04. The van der Waals surface area contributed by atoms with Gasteiger partial charge in [0.25, 0.3) is 0 Å². The Bertz CT molecular complexity index is 166. The molecule has 13 heavy (non-hydrogen) atoms. The first-order chi connectivity index (χ1) is 6.16. The molecule has 0 rings (SSSR count). The van der Waals surface area contributed by atoms with Crippen molar-refractivity contribution < 1.29 is 28.9 Å². The maximum absolute atomic E-state index is 10.6. The van der Waals surface area contributed by atoms with Crippen LogP contribution in [0.2, 0.25) is 0 Å². The van der Waals surface area contributed by atoms with E-state index in [9.17, 15) is 9.59 Å². The summed E-state index contributed by atoms with van der Waals surface area (Å²) in [5, 5.41) is 8.03. The zero-order valence-electron chi connectivity index (χ0n) is 7.32. The maximum Gasteiger partial charge on any atom is 0.508 e. The van der Waals surface area contributed by atoms with Crippen LogP contribution in [-0.2, 0) is 14.2 Å². The molecule has 0 spiro atoms. The Labute approximate surface area is 75.4 Å². The van der Waals surface area contributed by atoms with Crippen molar-refractivity contribution in [3.8, 4) is 0 Å². The minimum Gasteiger partial charge on any atom is -0.450 e. The molecule has 0 fully saturated rings. The number of rotatable bonds is 5. The van der Waals surface area contributed by atoms with Crippen LogP contribution in [0.5, 0.6) is 0 Å². The summed E-state index contributed by atoms with van der Waals surface area (Å²) in [6.07, 6.45) is -1.50. The number of ether oxygens (including phenoxy) is 3. The van der Waals surface area contributed by atoms with Gasteiger partial charge in [0.2, 0.25) is 0 Å². The Morgan fingerprint density at radius 1 is 1.08 bits per heavy atom. The van der Waals surface area contributed by atoms with Gasteiger partial charge in [0.15, 0.2) is 0 Å². The molecule has 0 aromatic rings. The molecule has 0 aliphatic carbocycles. The van der Waals surface area contributed by atoms with E-state index in [1.807, 2.05) is 6.92 Å². The molecule has 0 bridgehead atoms. The third-order valence-corrected chi connectivity index (χ3v) is 0.953. The molecular weight excluding hydrogens is 180 g/mol. The van der Waals surface area contributed by atoms with Gasteiger partial charge in [-0.2, -0.15) is 0 Å². The fraction of sp³-hybridized carbons (Fsp3) is 0.714. The van der Waals surface area contributed by atoms with E-state index in [1.54, 1.807) is 0 Å². The van der Waals surface area contributed by atoms with Crippen molar-refractivity contribution in [2.24, 2.45) is 0 Å². The van der Waals surface area contributed by atoms with Crippen molar-refractivity contribution in [1.82, 2.24) is 0 Å². The summed E-state index contributed by atoms with van der Waals surface area (Å²) in [5.41, 5.74) is 0. The predicted molar refractivity (Wildman–Crippen MR) is 41.6 cm³/mol. The van der Waals surface area contributed by atoms with E-state index in [-0.39, 0.29) is 13.2 Å². The summed E-state index contributed by atoms with van der Waals surface area (Å²) >= 11 is 0. The SMILES string of the molecule is CCCOC(=O)OCCOC(=O)O. The molecule has 1 N–H and O–H groups in total. The molecule has 0 saturated heterocycles. The molecule has 0 aliphatic rings.